The Labute approximate surface area is 92.3 Å². The van der Waals surface area contributed by atoms with Crippen molar-refractivity contribution in [2.75, 3.05) is 13.2 Å². The van der Waals surface area contributed by atoms with E-state index in [1.165, 1.54) is 13.0 Å². The van der Waals surface area contributed by atoms with Gasteiger partial charge in [0.05, 0.1) is 6.54 Å². The van der Waals surface area contributed by atoms with Crippen LogP contribution < -0.4 is 10.1 Å². The van der Waals surface area contributed by atoms with Gasteiger partial charge in [-0.2, -0.15) is 0 Å². The molecule has 0 bridgehead atoms. The van der Waals surface area contributed by atoms with Crippen molar-refractivity contribution >= 4 is 11.9 Å². The molecule has 86 valence electrons. The molecule has 2 N–H and O–H groups in total. The van der Waals surface area contributed by atoms with E-state index in [2.05, 4.69) is 10.3 Å². The summed E-state index contributed by atoms with van der Waals surface area (Å²) in [7, 11) is 0. The molecular weight excluding hydrogens is 212 g/mol. The van der Waals surface area contributed by atoms with Crippen LogP contribution >= 0.6 is 0 Å². The second kappa shape index (κ2) is 5.69. The number of amides is 1. The molecule has 6 heteroatoms. The highest BCUT2D eigenvalue weighted by atomic mass is 16.5. The number of carboxylic acids is 1. The largest absolute Gasteiger partial charge is 0.477 e. The van der Waals surface area contributed by atoms with Crippen LogP contribution in [0.3, 0.4) is 0 Å². The second-order valence-electron chi connectivity index (χ2n) is 3.00. The first-order valence-corrected chi connectivity index (χ1v) is 4.67. The van der Waals surface area contributed by atoms with E-state index >= 15 is 0 Å². The van der Waals surface area contributed by atoms with Crippen LogP contribution in [0.2, 0.25) is 0 Å². The zero-order valence-electron chi connectivity index (χ0n) is 8.77. The fourth-order valence-electron chi connectivity index (χ4n) is 0.997. The van der Waals surface area contributed by atoms with Gasteiger partial charge < -0.3 is 15.2 Å². The van der Waals surface area contributed by atoms with Crippen LogP contribution in [0, 0.1) is 0 Å². The van der Waals surface area contributed by atoms with E-state index in [4.69, 9.17) is 9.84 Å². The molecule has 6 nitrogen and oxygen atoms in total. The zero-order valence-corrected chi connectivity index (χ0v) is 8.77. The van der Waals surface area contributed by atoms with Gasteiger partial charge in [-0.15, -0.1) is 0 Å². The molecule has 0 atom stereocenters. The summed E-state index contributed by atoms with van der Waals surface area (Å²) in [5.41, 5.74) is -0.0722. The van der Waals surface area contributed by atoms with E-state index in [1.807, 2.05) is 0 Å². The Bertz CT molecular complexity index is 392. The predicted octanol–water partition coefficient (Wildman–Crippen LogP) is 0.295. The lowest BCUT2D eigenvalue weighted by Crippen LogP contribution is -2.25. The summed E-state index contributed by atoms with van der Waals surface area (Å²) in [6.45, 7) is 2.01. The van der Waals surface area contributed by atoms with E-state index in [1.54, 1.807) is 12.1 Å². The minimum Gasteiger partial charge on any atom is -0.477 e. The zero-order chi connectivity index (χ0) is 12.0. The fraction of sp³-hybridized carbons (Fsp3) is 0.300. The third kappa shape index (κ3) is 3.95. The molecule has 0 radical (unpaired) electrons. The highest BCUT2D eigenvalue weighted by molar-refractivity contribution is 5.85. The molecule has 0 aliphatic carbocycles. The Morgan fingerprint density at radius 2 is 2.25 bits per heavy atom. The number of hydrogen-bond donors (Lipinski definition) is 2. The number of ether oxygens (including phenoxy) is 1. The van der Waals surface area contributed by atoms with Crippen molar-refractivity contribution in [2.24, 2.45) is 0 Å². The molecule has 1 aromatic rings. The minimum atomic E-state index is -1.10. The van der Waals surface area contributed by atoms with Crippen LogP contribution in [0.5, 0.6) is 5.88 Å². The van der Waals surface area contributed by atoms with Gasteiger partial charge in [0.25, 0.3) is 0 Å². The number of nitrogens with zero attached hydrogens (tertiary/aromatic N) is 1. The summed E-state index contributed by atoms with van der Waals surface area (Å²) < 4.78 is 5.16. The SMILES string of the molecule is CC(=O)NCCOc1cccc(C(=O)O)n1. The van der Waals surface area contributed by atoms with Gasteiger partial charge in [-0.25, -0.2) is 9.78 Å². The topological polar surface area (TPSA) is 88.5 Å². The van der Waals surface area contributed by atoms with Gasteiger partial charge >= 0.3 is 5.97 Å². The average molecular weight is 224 g/mol. The molecule has 0 aromatic carbocycles. The van der Waals surface area contributed by atoms with E-state index < -0.39 is 5.97 Å². The second-order valence-corrected chi connectivity index (χ2v) is 3.00. The standard InChI is InChI=1S/C10H12N2O4/c1-7(13)11-5-6-16-9-4-2-3-8(12-9)10(14)15/h2-4H,5-6H2,1H3,(H,11,13)(H,14,15). The maximum Gasteiger partial charge on any atom is 0.354 e. The van der Waals surface area contributed by atoms with Gasteiger partial charge in [0, 0.05) is 13.0 Å². The number of carbonyl (C=O) groups excluding carboxylic acids is 1. The van der Waals surface area contributed by atoms with Crippen LogP contribution in [0.1, 0.15) is 17.4 Å². The number of hydrogen-bond acceptors (Lipinski definition) is 4. The third-order valence-corrected chi connectivity index (χ3v) is 1.67. The summed E-state index contributed by atoms with van der Waals surface area (Å²) >= 11 is 0. The Morgan fingerprint density at radius 1 is 1.50 bits per heavy atom. The number of carbonyl (C=O) groups is 2. The highest BCUT2D eigenvalue weighted by Crippen LogP contribution is 2.06. The number of nitrogens with one attached hydrogen (secondary N) is 1. The first kappa shape index (κ1) is 12.0. The lowest BCUT2D eigenvalue weighted by molar-refractivity contribution is -0.119. The molecule has 0 saturated carbocycles. The highest BCUT2D eigenvalue weighted by Gasteiger charge is 2.05. The summed E-state index contributed by atoms with van der Waals surface area (Å²) in [5.74, 6) is -1.02. The monoisotopic (exact) mass is 224 g/mol. The number of aromatic nitrogens is 1. The van der Waals surface area contributed by atoms with Crippen LogP contribution in [0.15, 0.2) is 18.2 Å². The minimum absolute atomic E-state index is 0.0722. The molecule has 0 aliphatic rings. The number of pyridine rings is 1. The Hall–Kier alpha value is -2.11. The van der Waals surface area contributed by atoms with Crippen LogP contribution in [-0.2, 0) is 4.79 Å². The van der Waals surface area contributed by atoms with Crippen molar-refractivity contribution in [3.05, 3.63) is 23.9 Å². The molecule has 1 amide bonds. The Balaban J connectivity index is 2.45. The maximum absolute atomic E-state index is 10.6. The molecule has 0 saturated heterocycles. The summed E-state index contributed by atoms with van der Waals surface area (Å²) in [6.07, 6.45) is 0. The Kier molecular flexibility index (Phi) is 4.26. The van der Waals surface area contributed by atoms with Crippen LogP contribution in [0.4, 0.5) is 0 Å². The van der Waals surface area contributed by atoms with Crippen molar-refractivity contribution in [3.8, 4) is 5.88 Å². The molecule has 1 rings (SSSR count). The molecule has 0 spiro atoms. The van der Waals surface area contributed by atoms with E-state index in [9.17, 15) is 9.59 Å². The van der Waals surface area contributed by atoms with Gasteiger partial charge in [-0.1, -0.05) is 6.07 Å². The van der Waals surface area contributed by atoms with Crippen molar-refractivity contribution in [3.63, 3.8) is 0 Å². The molecule has 16 heavy (non-hydrogen) atoms. The fourth-order valence-corrected chi connectivity index (χ4v) is 0.997. The smallest absolute Gasteiger partial charge is 0.354 e. The van der Waals surface area contributed by atoms with Crippen molar-refractivity contribution in [1.29, 1.82) is 0 Å². The normalized spacial score (nSPS) is 9.56. The number of carboxylic acid groups (broad SMARTS) is 1. The number of aromatic carboxylic acids is 1. The third-order valence-electron chi connectivity index (χ3n) is 1.67. The van der Waals surface area contributed by atoms with E-state index in [-0.39, 0.29) is 24.1 Å². The molecule has 0 unspecified atom stereocenters. The molecular formula is C10H12N2O4. The quantitative estimate of drug-likeness (QED) is 0.702. The predicted molar refractivity (Wildman–Crippen MR) is 55.4 cm³/mol. The van der Waals surface area contributed by atoms with E-state index in [0.717, 1.165) is 0 Å². The summed E-state index contributed by atoms with van der Waals surface area (Å²) in [6, 6.07) is 4.48. The lowest BCUT2D eigenvalue weighted by atomic mass is 10.3. The van der Waals surface area contributed by atoms with Gasteiger partial charge in [-0.05, 0) is 6.07 Å². The first-order valence-electron chi connectivity index (χ1n) is 4.67. The maximum atomic E-state index is 10.6. The molecule has 0 fully saturated rings. The van der Waals surface area contributed by atoms with Gasteiger partial charge in [-0.3, -0.25) is 4.79 Å². The first-order chi connectivity index (χ1) is 7.59. The summed E-state index contributed by atoms with van der Waals surface area (Å²) in [4.78, 5) is 24.9. The number of rotatable bonds is 5. The van der Waals surface area contributed by atoms with Crippen molar-refractivity contribution in [1.82, 2.24) is 10.3 Å². The molecule has 1 heterocycles. The van der Waals surface area contributed by atoms with E-state index in [0.29, 0.717) is 6.54 Å². The van der Waals surface area contributed by atoms with Gasteiger partial charge in [0.15, 0.2) is 5.69 Å². The lowest BCUT2D eigenvalue weighted by Gasteiger charge is -2.05. The summed E-state index contributed by atoms with van der Waals surface area (Å²) in [5, 5.41) is 11.2. The van der Waals surface area contributed by atoms with Gasteiger partial charge in [0.2, 0.25) is 11.8 Å². The van der Waals surface area contributed by atoms with Crippen molar-refractivity contribution in [2.45, 2.75) is 6.92 Å². The van der Waals surface area contributed by atoms with Crippen LogP contribution in [0.25, 0.3) is 0 Å². The molecule has 1 aromatic heterocycles. The average Bonchev–Trinajstić information content (AvgIpc) is 2.24. The molecule has 0 aliphatic heterocycles. The van der Waals surface area contributed by atoms with Gasteiger partial charge in [0.1, 0.15) is 6.61 Å². The Morgan fingerprint density at radius 3 is 2.88 bits per heavy atom. The van der Waals surface area contributed by atoms with Crippen molar-refractivity contribution < 1.29 is 19.4 Å². The van der Waals surface area contributed by atoms with Crippen LogP contribution in [-0.4, -0.2) is 35.1 Å².